The minimum absolute atomic E-state index is 0.0828. The molecule has 0 spiro atoms. The SMILES string of the molecule is COCCNc1nc2c([S+](=O)([O-])c3cc(OC)ccc3OC)nnn2c2ccccc12. The molecule has 0 saturated heterocycles. The Morgan fingerprint density at radius 1 is 1.13 bits per heavy atom. The van der Waals surface area contributed by atoms with Gasteiger partial charge in [0.1, 0.15) is 21.8 Å². The lowest BCUT2D eigenvalue weighted by atomic mass is 10.2. The number of sulfone groups is 1. The molecule has 162 valence electrons. The summed E-state index contributed by atoms with van der Waals surface area (Å²) >= 11 is 0. The van der Waals surface area contributed by atoms with Crippen molar-refractivity contribution in [3.05, 3.63) is 42.5 Å². The van der Waals surface area contributed by atoms with E-state index in [0.717, 1.165) is 5.39 Å². The Bertz CT molecular complexity index is 1290. The minimum Gasteiger partial charge on any atom is -0.604 e. The van der Waals surface area contributed by atoms with Crippen LogP contribution in [0.15, 0.2) is 52.4 Å². The summed E-state index contributed by atoms with van der Waals surface area (Å²) in [4.78, 5) is 4.46. The lowest BCUT2D eigenvalue weighted by molar-refractivity contribution is 0.210. The number of nitrogens with zero attached hydrogens (tertiary/aromatic N) is 4. The van der Waals surface area contributed by atoms with E-state index in [9.17, 15) is 8.76 Å². The van der Waals surface area contributed by atoms with E-state index < -0.39 is 10.2 Å². The van der Waals surface area contributed by atoms with E-state index in [1.807, 2.05) is 24.3 Å². The van der Waals surface area contributed by atoms with Gasteiger partial charge in [0, 0.05) is 25.1 Å². The van der Waals surface area contributed by atoms with E-state index in [-0.39, 0.29) is 21.3 Å². The van der Waals surface area contributed by atoms with Crippen LogP contribution in [0.1, 0.15) is 0 Å². The maximum Gasteiger partial charge on any atom is 0.318 e. The van der Waals surface area contributed by atoms with Crippen molar-refractivity contribution in [2.75, 3.05) is 39.8 Å². The number of rotatable bonds is 8. The Morgan fingerprint density at radius 2 is 1.94 bits per heavy atom. The minimum atomic E-state index is -4.12. The van der Waals surface area contributed by atoms with E-state index in [1.54, 1.807) is 13.2 Å². The highest BCUT2D eigenvalue weighted by Gasteiger charge is 2.35. The number of hydrogen-bond acceptors (Lipinski definition) is 9. The molecule has 0 aliphatic rings. The second-order valence-electron chi connectivity index (χ2n) is 6.55. The van der Waals surface area contributed by atoms with Gasteiger partial charge in [0.15, 0.2) is 5.75 Å². The average Bonchev–Trinajstić information content (AvgIpc) is 3.24. The van der Waals surface area contributed by atoms with Crippen LogP contribution in [0.25, 0.3) is 16.6 Å². The molecule has 1 N–H and O–H groups in total. The largest absolute Gasteiger partial charge is 0.604 e. The van der Waals surface area contributed by atoms with Gasteiger partial charge in [0.25, 0.3) is 0 Å². The number of para-hydroxylation sites is 1. The topological polar surface area (TPSA) is 123 Å². The van der Waals surface area contributed by atoms with Crippen molar-refractivity contribution in [1.29, 1.82) is 0 Å². The number of nitrogens with one attached hydrogen (secondary N) is 1. The predicted molar refractivity (Wildman–Crippen MR) is 114 cm³/mol. The van der Waals surface area contributed by atoms with Crippen molar-refractivity contribution in [3.63, 3.8) is 0 Å². The standard InChI is InChI=1S/C20H21N5O5S/c1-28-11-10-21-18-14-6-4-5-7-15(14)25-19(22-18)20(23-24-25)31(26,27)17-12-13(29-2)8-9-16(17)30-3/h4-9,12H,10-11H2,1-3H3,(H-,21,22,26,27). The molecule has 0 amide bonds. The zero-order valence-electron chi connectivity index (χ0n) is 17.2. The Balaban J connectivity index is 1.93. The molecule has 10 nitrogen and oxygen atoms in total. The molecule has 0 bridgehead atoms. The molecule has 0 radical (unpaired) electrons. The molecule has 2 aromatic carbocycles. The highest BCUT2D eigenvalue weighted by Crippen LogP contribution is 2.37. The second kappa shape index (κ2) is 8.46. The first kappa shape index (κ1) is 21.0. The van der Waals surface area contributed by atoms with Gasteiger partial charge >= 0.3 is 5.03 Å². The summed E-state index contributed by atoms with van der Waals surface area (Å²) in [6.45, 7) is 0.960. The van der Waals surface area contributed by atoms with Gasteiger partial charge in [-0.3, -0.25) is 0 Å². The fourth-order valence-electron chi connectivity index (χ4n) is 3.22. The third-order valence-corrected chi connectivity index (χ3v) is 6.41. The van der Waals surface area contributed by atoms with Crippen LogP contribution in [0, 0.1) is 0 Å². The van der Waals surface area contributed by atoms with Crippen molar-refractivity contribution in [3.8, 4) is 11.5 Å². The molecule has 0 aliphatic heterocycles. The maximum absolute atomic E-state index is 13.5. The second-order valence-corrected chi connectivity index (χ2v) is 8.38. The van der Waals surface area contributed by atoms with Crippen LogP contribution in [0.4, 0.5) is 5.82 Å². The van der Waals surface area contributed by atoms with Crippen LogP contribution < -0.4 is 14.8 Å². The molecule has 31 heavy (non-hydrogen) atoms. The van der Waals surface area contributed by atoms with Crippen molar-refractivity contribution < 1.29 is 23.0 Å². The summed E-state index contributed by atoms with van der Waals surface area (Å²) in [5.41, 5.74) is 0.766. The maximum atomic E-state index is 13.5. The Labute approximate surface area is 179 Å². The van der Waals surface area contributed by atoms with Crippen molar-refractivity contribution in [2.24, 2.45) is 0 Å². The van der Waals surface area contributed by atoms with Crippen molar-refractivity contribution in [1.82, 2.24) is 19.8 Å². The number of anilines is 1. The number of benzene rings is 2. The van der Waals surface area contributed by atoms with E-state index in [1.165, 1.54) is 30.9 Å². The average molecular weight is 443 g/mol. The number of methoxy groups -OCH3 is 3. The van der Waals surface area contributed by atoms with Crippen molar-refractivity contribution >= 4 is 32.6 Å². The highest BCUT2D eigenvalue weighted by atomic mass is 32.3. The first-order valence-corrected chi connectivity index (χ1v) is 10.8. The molecule has 0 fully saturated rings. The van der Waals surface area contributed by atoms with E-state index in [2.05, 4.69) is 20.6 Å². The summed E-state index contributed by atoms with van der Waals surface area (Å²) in [6.07, 6.45) is 0. The Kier molecular flexibility index (Phi) is 5.72. The van der Waals surface area contributed by atoms with E-state index in [4.69, 9.17) is 14.2 Å². The van der Waals surface area contributed by atoms with E-state index in [0.29, 0.717) is 30.2 Å². The highest BCUT2D eigenvalue weighted by molar-refractivity contribution is 7.97. The first-order valence-electron chi connectivity index (χ1n) is 9.35. The molecule has 0 saturated carbocycles. The quantitative estimate of drug-likeness (QED) is 0.323. The molecule has 11 heteroatoms. The summed E-state index contributed by atoms with van der Waals surface area (Å²) in [5.74, 6) is 1.05. The van der Waals surface area contributed by atoms with Crippen molar-refractivity contribution in [2.45, 2.75) is 9.92 Å². The zero-order valence-corrected chi connectivity index (χ0v) is 18.0. The van der Waals surface area contributed by atoms with E-state index >= 15 is 0 Å². The normalized spacial score (nSPS) is 13.3. The molecule has 1 atom stereocenters. The lowest BCUT2D eigenvalue weighted by Crippen LogP contribution is -2.15. The third-order valence-electron chi connectivity index (χ3n) is 4.74. The van der Waals surface area contributed by atoms with Gasteiger partial charge in [-0.05, 0) is 24.3 Å². The van der Waals surface area contributed by atoms with Crippen LogP contribution in [0.5, 0.6) is 11.5 Å². The predicted octanol–water partition coefficient (Wildman–Crippen LogP) is 2.40. The Hall–Kier alpha value is -3.28. The number of fused-ring (bicyclic) bond motifs is 3. The van der Waals surface area contributed by atoms with Crippen LogP contribution in [0.2, 0.25) is 0 Å². The number of hydrogen-bond donors (Lipinski definition) is 1. The molecule has 2 aromatic heterocycles. The monoisotopic (exact) mass is 443 g/mol. The summed E-state index contributed by atoms with van der Waals surface area (Å²) in [6, 6.07) is 11.9. The molecule has 1 unspecified atom stereocenters. The van der Waals surface area contributed by atoms with Gasteiger partial charge in [-0.15, -0.1) is 0 Å². The van der Waals surface area contributed by atoms with Gasteiger partial charge in [-0.2, -0.15) is 4.52 Å². The summed E-state index contributed by atoms with van der Waals surface area (Å²) in [5, 5.41) is 11.7. The Morgan fingerprint density at radius 3 is 2.68 bits per heavy atom. The fraction of sp³-hybridized carbons (Fsp3) is 0.250. The molecular weight excluding hydrogens is 422 g/mol. The van der Waals surface area contributed by atoms with Crippen LogP contribution in [-0.4, -0.2) is 58.8 Å². The van der Waals surface area contributed by atoms with Gasteiger partial charge in [-0.25, -0.2) is 4.98 Å². The summed E-state index contributed by atoms with van der Waals surface area (Å²) in [7, 11) is 0.331. The number of aromatic nitrogens is 4. The summed E-state index contributed by atoms with van der Waals surface area (Å²) < 4.78 is 44.0. The van der Waals surface area contributed by atoms with Gasteiger partial charge in [0.2, 0.25) is 10.5 Å². The smallest absolute Gasteiger partial charge is 0.318 e. The molecular formula is C20H21N5O5S. The van der Waals surface area contributed by atoms with Crippen LogP contribution in [0.3, 0.4) is 0 Å². The third kappa shape index (κ3) is 3.67. The molecule has 2 heterocycles. The van der Waals surface area contributed by atoms with Crippen LogP contribution >= 0.6 is 0 Å². The van der Waals surface area contributed by atoms with Gasteiger partial charge in [0.05, 0.1) is 26.3 Å². The lowest BCUT2D eigenvalue weighted by Gasteiger charge is -2.15. The van der Waals surface area contributed by atoms with Gasteiger partial charge < -0.3 is 24.1 Å². The van der Waals surface area contributed by atoms with Gasteiger partial charge in [-0.1, -0.05) is 26.7 Å². The zero-order chi connectivity index (χ0) is 22.0. The first-order chi connectivity index (χ1) is 15.0. The molecule has 4 aromatic rings. The molecule has 0 aliphatic carbocycles. The number of ether oxygens (including phenoxy) is 3. The van der Waals surface area contributed by atoms with Crippen LogP contribution in [-0.2, 0) is 19.2 Å². The molecule has 4 rings (SSSR count). The fourth-order valence-corrected chi connectivity index (χ4v) is 4.64.